The second-order valence-electron chi connectivity index (χ2n) is 7.28. The van der Waals surface area contributed by atoms with Crippen LogP contribution >= 0.6 is 0 Å². The Kier molecular flexibility index (Phi) is 6.40. The van der Waals surface area contributed by atoms with Crippen LogP contribution in [0.5, 0.6) is 0 Å². The number of nitrogens with one attached hydrogen (secondary N) is 1. The average molecular weight is 477 g/mol. The molecule has 2 amide bonds. The van der Waals surface area contributed by atoms with Crippen LogP contribution in [0, 0.1) is 5.82 Å². The Morgan fingerprint density at radius 2 is 1.85 bits per heavy atom. The van der Waals surface area contributed by atoms with Crippen molar-refractivity contribution in [1.82, 2.24) is 4.31 Å². The first kappa shape index (κ1) is 22.8. The molecule has 0 atom stereocenters. The highest BCUT2D eigenvalue weighted by atomic mass is 32.2. The molecule has 0 spiro atoms. The number of hydrogen-bond donors (Lipinski definition) is 1. The van der Waals surface area contributed by atoms with Crippen molar-refractivity contribution in [3.05, 3.63) is 53.8 Å². The maximum Gasteiger partial charge on any atom is 0.338 e. The third kappa shape index (κ3) is 4.72. The number of halogens is 1. The summed E-state index contributed by atoms with van der Waals surface area (Å²) in [7, 11) is -4.19. The third-order valence-electron chi connectivity index (χ3n) is 5.15. The Hall–Kier alpha value is -3.35. The predicted molar refractivity (Wildman–Crippen MR) is 114 cm³/mol. The Morgan fingerprint density at radius 1 is 1.12 bits per heavy atom. The van der Waals surface area contributed by atoms with Gasteiger partial charge in [-0.3, -0.25) is 14.5 Å². The van der Waals surface area contributed by atoms with E-state index < -0.39 is 45.1 Å². The number of carbonyl (C=O) groups excluding carboxylic acids is 3. The van der Waals surface area contributed by atoms with E-state index >= 15 is 0 Å². The van der Waals surface area contributed by atoms with E-state index in [0.29, 0.717) is 11.4 Å². The van der Waals surface area contributed by atoms with Gasteiger partial charge in [-0.05, 0) is 30.3 Å². The van der Waals surface area contributed by atoms with Gasteiger partial charge in [0, 0.05) is 13.1 Å². The Balaban J connectivity index is 1.48. The molecule has 1 N–H and O–H groups in total. The monoisotopic (exact) mass is 477 g/mol. The van der Waals surface area contributed by atoms with Gasteiger partial charge in [0.05, 0.1) is 30.2 Å². The molecule has 1 saturated heterocycles. The van der Waals surface area contributed by atoms with Crippen LogP contribution in [0.2, 0.25) is 0 Å². The van der Waals surface area contributed by atoms with Crippen LogP contribution in [0.3, 0.4) is 0 Å². The van der Waals surface area contributed by atoms with Crippen LogP contribution in [-0.2, 0) is 29.1 Å². The van der Waals surface area contributed by atoms with Crippen LogP contribution in [0.4, 0.5) is 15.8 Å². The van der Waals surface area contributed by atoms with Crippen LogP contribution in [0.15, 0.2) is 47.4 Å². The van der Waals surface area contributed by atoms with Gasteiger partial charge in [-0.25, -0.2) is 17.6 Å². The van der Waals surface area contributed by atoms with Crippen molar-refractivity contribution >= 4 is 39.2 Å². The number of amides is 2. The summed E-state index contributed by atoms with van der Waals surface area (Å²) >= 11 is 0. The fraction of sp³-hybridized carbons (Fsp3) is 0.286. The topological polar surface area (TPSA) is 122 Å². The molecule has 2 heterocycles. The minimum absolute atomic E-state index is 0.0653. The van der Waals surface area contributed by atoms with E-state index in [9.17, 15) is 27.2 Å². The average Bonchev–Trinajstić information content (AvgIpc) is 2.82. The molecule has 0 radical (unpaired) electrons. The summed E-state index contributed by atoms with van der Waals surface area (Å²) in [5.41, 5.74) is 0.677. The summed E-state index contributed by atoms with van der Waals surface area (Å²) < 4.78 is 51.1. The van der Waals surface area contributed by atoms with Gasteiger partial charge < -0.3 is 14.8 Å². The number of ether oxygens (including phenoxy) is 2. The lowest BCUT2D eigenvalue weighted by molar-refractivity contribution is -0.124. The van der Waals surface area contributed by atoms with Crippen LogP contribution in [0.25, 0.3) is 0 Å². The zero-order chi connectivity index (χ0) is 23.6. The van der Waals surface area contributed by atoms with Crippen LogP contribution < -0.4 is 10.2 Å². The molecule has 4 rings (SSSR count). The normalized spacial score (nSPS) is 16.6. The number of sulfonamides is 1. The fourth-order valence-electron chi connectivity index (χ4n) is 3.50. The van der Waals surface area contributed by atoms with E-state index in [4.69, 9.17) is 9.47 Å². The van der Waals surface area contributed by atoms with Crippen molar-refractivity contribution in [1.29, 1.82) is 0 Å². The second kappa shape index (κ2) is 9.25. The van der Waals surface area contributed by atoms with Crippen molar-refractivity contribution < 1.29 is 36.7 Å². The molecular weight excluding hydrogens is 457 g/mol. The summed E-state index contributed by atoms with van der Waals surface area (Å²) in [4.78, 5) is 37.5. The smallest absolute Gasteiger partial charge is 0.338 e. The molecule has 1 fully saturated rings. The van der Waals surface area contributed by atoms with Gasteiger partial charge in [-0.15, -0.1) is 0 Å². The number of hydrogen-bond acceptors (Lipinski definition) is 7. The highest BCUT2D eigenvalue weighted by molar-refractivity contribution is 7.89. The highest BCUT2D eigenvalue weighted by Gasteiger charge is 2.31. The number of nitrogens with zero attached hydrogens (tertiary/aromatic N) is 2. The molecule has 12 heteroatoms. The Morgan fingerprint density at radius 3 is 2.61 bits per heavy atom. The SMILES string of the molecule is O=C1CN(C(=O)COC(=O)c2ccc(F)c(S(=O)(=O)N3CCOCC3)c2)c2ccccc2N1. The number of esters is 1. The first-order chi connectivity index (χ1) is 15.8. The second-order valence-corrected chi connectivity index (χ2v) is 9.19. The van der Waals surface area contributed by atoms with Gasteiger partial charge >= 0.3 is 5.97 Å². The first-order valence-electron chi connectivity index (χ1n) is 10.0. The zero-order valence-corrected chi connectivity index (χ0v) is 18.1. The van der Waals surface area contributed by atoms with Crippen molar-refractivity contribution in [3.8, 4) is 0 Å². The Labute approximate surface area is 188 Å². The van der Waals surface area contributed by atoms with E-state index in [1.807, 2.05) is 0 Å². The van der Waals surface area contributed by atoms with Crippen LogP contribution in [-0.4, -0.2) is 70.0 Å². The van der Waals surface area contributed by atoms with Crippen molar-refractivity contribution in [3.63, 3.8) is 0 Å². The van der Waals surface area contributed by atoms with Crippen molar-refractivity contribution in [2.75, 3.05) is 49.7 Å². The number of para-hydroxylation sites is 2. The number of fused-ring (bicyclic) bond motifs is 1. The lowest BCUT2D eigenvalue weighted by Gasteiger charge is -2.28. The highest BCUT2D eigenvalue weighted by Crippen LogP contribution is 2.29. The van der Waals surface area contributed by atoms with E-state index in [2.05, 4.69) is 5.32 Å². The molecule has 0 aromatic heterocycles. The summed E-state index contributed by atoms with van der Waals surface area (Å²) in [6.07, 6.45) is 0. The molecule has 2 aliphatic rings. The summed E-state index contributed by atoms with van der Waals surface area (Å²) in [5, 5.41) is 2.64. The summed E-state index contributed by atoms with van der Waals surface area (Å²) in [6.45, 7) is -0.439. The van der Waals surface area contributed by atoms with Gasteiger partial charge in [0.2, 0.25) is 15.9 Å². The Bertz CT molecular complexity index is 1210. The number of anilines is 2. The minimum Gasteiger partial charge on any atom is -0.452 e. The third-order valence-corrected chi connectivity index (χ3v) is 7.07. The molecule has 10 nitrogen and oxygen atoms in total. The number of benzene rings is 2. The van der Waals surface area contributed by atoms with Gasteiger partial charge in [0.15, 0.2) is 6.61 Å². The summed E-state index contributed by atoms with van der Waals surface area (Å²) in [6, 6.07) is 9.48. The molecule has 2 aromatic carbocycles. The molecule has 2 aromatic rings. The van der Waals surface area contributed by atoms with Gasteiger partial charge in [-0.1, -0.05) is 12.1 Å². The van der Waals surface area contributed by atoms with Crippen LogP contribution in [0.1, 0.15) is 10.4 Å². The van der Waals surface area contributed by atoms with E-state index in [0.717, 1.165) is 22.5 Å². The molecule has 33 heavy (non-hydrogen) atoms. The minimum atomic E-state index is -4.19. The van der Waals surface area contributed by atoms with Crippen molar-refractivity contribution in [2.24, 2.45) is 0 Å². The predicted octanol–water partition coefficient (Wildman–Crippen LogP) is 0.989. The quantitative estimate of drug-likeness (QED) is 0.637. The van der Waals surface area contributed by atoms with E-state index in [1.54, 1.807) is 24.3 Å². The molecule has 0 saturated carbocycles. The number of carbonyl (C=O) groups is 3. The number of rotatable bonds is 5. The molecular formula is C21H20FN3O7S. The fourth-order valence-corrected chi connectivity index (χ4v) is 5.00. The molecule has 0 bridgehead atoms. The molecule has 0 aliphatic carbocycles. The summed E-state index contributed by atoms with van der Waals surface area (Å²) in [5.74, 6) is -3.06. The van der Waals surface area contributed by atoms with E-state index in [1.165, 1.54) is 4.90 Å². The first-order valence-corrected chi connectivity index (χ1v) is 11.4. The largest absolute Gasteiger partial charge is 0.452 e. The molecule has 2 aliphatic heterocycles. The zero-order valence-electron chi connectivity index (χ0n) is 17.3. The molecule has 0 unspecified atom stereocenters. The lowest BCUT2D eigenvalue weighted by Crippen LogP contribution is -2.44. The maximum absolute atomic E-state index is 14.3. The van der Waals surface area contributed by atoms with E-state index in [-0.39, 0.29) is 38.4 Å². The van der Waals surface area contributed by atoms with Crippen molar-refractivity contribution in [2.45, 2.75) is 4.90 Å². The maximum atomic E-state index is 14.3. The molecule has 174 valence electrons. The van der Waals surface area contributed by atoms with Gasteiger partial charge in [-0.2, -0.15) is 4.31 Å². The van der Waals surface area contributed by atoms with Gasteiger partial charge in [0.25, 0.3) is 5.91 Å². The standard InChI is InChI=1S/C21H20FN3O7S/c22-15-6-5-14(11-18(15)33(29,30)24-7-9-31-10-8-24)21(28)32-13-20(27)25-12-19(26)23-16-3-1-2-4-17(16)25/h1-6,11H,7-10,12-13H2,(H,23,26). The lowest BCUT2D eigenvalue weighted by atomic mass is 10.2. The van der Waals surface area contributed by atoms with Gasteiger partial charge in [0.1, 0.15) is 17.3 Å². The number of morpholine rings is 1.